The quantitative estimate of drug-likeness (QED) is 0.348. The van der Waals surface area contributed by atoms with Gasteiger partial charge in [-0.1, -0.05) is 5.16 Å². The highest BCUT2D eigenvalue weighted by molar-refractivity contribution is 8.00. The zero-order chi connectivity index (χ0) is 15.7. The maximum Gasteiger partial charge on any atom is 0.260 e. The Hall–Kier alpha value is -1.26. The molecule has 0 saturated carbocycles. The molecule has 1 aromatic rings. The number of aryl methyl sites for hydroxylation is 1. The molecule has 3 N–H and O–H groups in total. The van der Waals surface area contributed by atoms with Crippen LogP contribution in [0.5, 0.6) is 0 Å². The Labute approximate surface area is 128 Å². The molecular formula is C11H19N5O3S2. The minimum atomic E-state index is -3.56. The van der Waals surface area contributed by atoms with Crippen molar-refractivity contribution in [2.24, 2.45) is 17.9 Å². The number of hydrogen-bond acceptors (Lipinski definition) is 6. The lowest BCUT2D eigenvalue weighted by molar-refractivity contribution is 0.300. The van der Waals surface area contributed by atoms with Crippen molar-refractivity contribution < 1.29 is 13.6 Å². The predicted octanol–water partition coefficient (Wildman–Crippen LogP) is 0.0528. The summed E-state index contributed by atoms with van der Waals surface area (Å²) in [5, 5.41) is 16.1. The largest absolute Gasteiger partial charge is 0.409 e. The number of piperidine rings is 1. The van der Waals surface area contributed by atoms with Crippen LogP contribution in [-0.2, 0) is 17.1 Å². The second-order valence-corrected chi connectivity index (χ2v) is 7.96. The highest BCUT2D eigenvalue weighted by Gasteiger charge is 2.41. The molecule has 2 heterocycles. The van der Waals surface area contributed by atoms with Gasteiger partial charge in [-0.25, -0.2) is 8.42 Å². The number of nitrogens with two attached hydrogens (primary N) is 1. The first-order chi connectivity index (χ1) is 9.87. The molecule has 0 atom stereocenters. The van der Waals surface area contributed by atoms with Crippen molar-refractivity contribution >= 4 is 27.6 Å². The fraction of sp³-hybridized carbons (Fsp3) is 0.636. The molecule has 0 aromatic carbocycles. The van der Waals surface area contributed by atoms with E-state index >= 15 is 0 Å². The number of sulfonamides is 1. The minimum absolute atomic E-state index is 0.146. The molecule has 1 fully saturated rings. The van der Waals surface area contributed by atoms with Gasteiger partial charge in [0.1, 0.15) is 0 Å². The Morgan fingerprint density at radius 2 is 2.14 bits per heavy atom. The number of amidine groups is 1. The van der Waals surface area contributed by atoms with E-state index in [4.69, 9.17) is 10.9 Å². The Bertz CT molecular complexity index is 632. The summed E-state index contributed by atoms with van der Waals surface area (Å²) in [6.07, 6.45) is 4.34. The Balaban J connectivity index is 2.20. The number of rotatable bonds is 4. The number of nitrogens with zero attached hydrogens (tertiary/aromatic N) is 4. The smallest absolute Gasteiger partial charge is 0.260 e. The van der Waals surface area contributed by atoms with Crippen molar-refractivity contribution in [2.45, 2.75) is 22.6 Å². The van der Waals surface area contributed by atoms with E-state index in [1.165, 1.54) is 33.0 Å². The number of oxime groups is 1. The van der Waals surface area contributed by atoms with Gasteiger partial charge in [-0.05, 0) is 25.2 Å². The van der Waals surface area contributed by atoms with E-state index in [-0.39, 0.29) is 10.9 Å². The van der Waals surface area contributed by atoms with Crippen molar-refractivity contribution in [3.63, 3.8) is 0 Å². The van der Waals surface area contributed by atoms with Gasteiger partial charge >= 0.3 is 0 Å². The summed E-state index contributed by atoms with van der Waals surface area (Å²) in [6.45, 7) is 0.648. The van der Waals surface area contributed by atoms with Crippen LogP contribution in [0.1, 0.15) is 12.8 Å². The zero-order valence-corrected chi connectivity index (χ0v) is 13.6. The molecule has 118 valence electrons. The molecular weight excluding hydrogens is 314 g/mol. The van der Waals surface area contributed by atoms with E-state index in [2.05, 4.69) is 10.3 Å². The highest BCUT2D eigenvalue weighted by Crippen LogP contribution is 2.36. The van der Waals surface area contributed by atoms with Crippen LogP contribution in [0, 0.1) is 0 Å². The lowest BCUT2D eigenvalue weighted by atomic mass is 9.96. The summed E-state index contributed by atoms with van der Waals surface area (Å²) in [6, 6.07) is 1.48. The average molecular weight is 333 g/mol. The maximum atomic E-state index is 12.6. The van der Waals surface area contributed by atoms with E-state index in [0.29, 0.717) is 25.9 Å². The van der Waals surface area contributed by atoms with Crippen molar-refractivity contribution in [2.75, 3.05) is 19.3 Å². The van der Waals surface area contributed by atoms with Crippen LogP contribution < -0.4 is 5.73 Å². The third-order valence-electron chi connectivity index (χ3n) is 3.88. The van der Waals surface area contributed by atoms with Crippen LogP contribution in [0.25, 0.3) is 0 Å². The van der Waals surface area contributed by atoms with Gasteiger partial charge in [0.25, 0.3) is 10.0 Å². The van der Waals surface area contributed by atoms with Crippen LogP contribution >= 0.6 is 11.8 Å². The van der Waals surface area contributed by atoms with Gasteiger partial charge < -0.3 is 10.9 Å². The van der Waals surface area contributed by atoms with Crippen LogP contribution in [0.3, 0.4) is 0 Å². The molecule has 0 amide bonds. The third-order valence-corrected chi connectivity index (χ3v) is 7.25. The molecule has 0 unspecified atom stereocenters. The van der Waals surface area contributed by atoms with Gasteiger partial charge in [0, 0.05) is 20.1 Å². The van der Waals surface area contributed by atoms with Gasteiger partial charge in [0.05, 0.1) is 10.9 Å². The van der Waals surface area contributed by atoms with Gasteiger partial charge in [-0.3, -0.25) is 4.68 Å². The second kappa shape index (κ2) is 5.85. The van der Waals surface area contributed by atoms with Gasteiger partial charge in [0.2, 0.25) is 0 Å². The fourth-order valence-corrected chi connectivity index (χ4v) is 4.87. The monoisotopic (exact) mass is 333 g/mol. The highest BCUT2D eigenvalue weighted by atomic mass is 32.2. The molecule has 0 bridgehead atoms. The molecule has 1 aromatic heterocycles. The van der Waals surface area contributed by atoms with Gasteiger partial charge in [-0.2, -0.15) is 21.2 Å². The molecule has 10 heteroatoms. The molecule has 8 nitrogen and oxygen atoms in total. The maximum absolute atomic E-state index is 12.6. The summed E-state index contributed by atoms with van der Waals surface area (Å²) in [5.74, 6) is 0.146. The fourth-order valence-electron chi connectivity index (χ4n) is 2.49. The molecule has 21 heavy (non-hydrogen) atoms. The standard InChI is InChI=1S/C11H19N5O3S2/c1-15-9(3-6-13-15)21(18,19)16-7-4-11(20-2,5-8-16)10(12)14-17/h3,6,17H,4-5,7-8H2,1-2H3,(H2,12,14). The average Bonchev–Trinajstić information content (AvgIpc) is 2.93. The van der Waals surface area contributed by atoms with Crippen molar-refractivity contribution in [1.82, 2.24) is 14.1 Å². The van der Waals surface area contributed by atoms with E-state index in [1.54, 1.807) is 7.05 Å². The zero-order valence-electron chi connectivity index (χ0n) is 11.9. The molecule has 1 aliphatic heterocycles. The molecule has 1 saturated heterocycles. The Morgan fingerprint density at radius 3 is 2.57 bits per heavy atom. The van der Waals surface area contributed by atoms with E-state index in [9.17, 15) is 8.42 Å². The molecule has 0 spiro atoms. The summed E-state index contributed by atoms with van der Waals surface area (Å²) >= 11 is 1.48. The van der Waals surface area contributed by atoms with Crippen LogP contribution in [0.2, 0.25) is 0 Å². The number of thioether (sulfide) groups is 1. The summed E-state index contributed by atoms with van der Waals surface area (Å²) in [5.41, 5.74) is 5.76. The molecule has 2 rings (SSSR count). The van der Waals surface area contributed by atoms with Crippen LogP contribution in [0.4, 0.5) is 0 Å². The van der Waals surface area contributed by atoms with E-state index in [0.717, 1.165) is 0 Å². The van der Waals surface area contributed by atoms with E-state index in [1.807, 2.05) is 6.26 Å². The lowest BCUT2D eigenvalue weighted by Crippen LogP contribution is -2.51. The summed E-state index contributed by atoms with van der Waals surface area (Å²) in [4.78, 5) is 0. The van der Waals surface area contributed by atoms with Crippen LogP contribution in [-0.4, -0.2) is 57.6 Å². The minimum Gasteiger partial charge on any atom is -0.409 e. The van der Waals surface area contributed by atoms with Crippen molar-refractivity contribution in [3.05, 3.63) is 12.3 Å². The molecule has 0 aliphatic carbocycles. The predicted molar refractivity (Wildman–Crippen MR) is 80.9 cm³/mol. The third kappa shape index (κ3) is 2.74. The van der Waals surface area contributed by atoms with Crippen LogP contribution in [0.15, 0.2) is 22.4 Å². The van der Waals surface area contributed by atoms with E-state index < -0.39 is 14.8 Å². The molecule has 0 radical (unpaired) electrons. The first-order valence-electron chi connectivity index (χ1n) is 6.39. The summed E-state index contributed by atoms with van der Waals surface area (Å²) in [7, 11) is -1.96. The number of hydrogen-bond donors (Lipinski definition) is 2. The lowest BCUT2D eigenvalue weighted by Gasteiger charge is -2.38. The van der Waals surface area contributed by atoms with Gasteiger partial charge in [0.15, 0.2) is 10.9 Å². The summed E-state index contributed by atoms with van der Waals surface area (Å²) < 4.78 is 27.4. The SMILES string of the molecule is CSC1(C(N)=NO)CCN(S(=O)(=O)c2ccnn2C)CC1. The van der Waals surface area contributed by atoms with Crippen molar-refractivity contribution in [3.8, 4) is 0 Å². The first kappa shape index (κ1) is 16.1. The topological polar surface area (TPSA) is 114 Å². The number of aromatic nitrogens is 2. The van der Waals surface area contributed by atoms with Crippen molar-refractivity contribution in [1.29, 1.82) is 0 Å². The Kier molecular flexibility index (Phi) is 4.49. The Morgan fingerprint density at radius 1 is 1.52 bits per heavy atom. The normalized spacial score (nSPS) is 20.6. The second-order valence-electron chi connectivity index (χ2n) is 4.88. The van der Waals surface area contributed by atoms with Gasteiger partial charge in [-0.15, -0.1) is 0 Å². The first-order valence-corrected chi connectivity index (χ1v) is 9.05. The molecule has 1 aliphatic rings.